The molecule has 0 spiro atoms. The smallest absolute Gasteiger partial charge is 0.0722 e. The molecule has 1 radical (unpaired) electrons. The third-order valence-corrected chi connectivity index (χ3v) is 8.86. The Balaban J connectivity index is 0.00000387. The first-order valence-electron chi connectivity index (χ1n) is 15.7. The Hall–Kier alpha value is -2.88. The van der Waals surface area contributed by atoms with Gasteiger partial charge in [0.2, 0.25) is 0 Å². The minimum Gasteiger partial charge on any atom is -0.354 e. The Morgan fingerprint density at radius 3 is 1.68 bits per heavy atom. The number of nitrogens with zero attached hydrogens (tertiary/aromatic N) is 3. The van der Waals surface area contributed by atoms with Gasteiger partial charge >= 0.3 is 0 Å². The zero-order valence-electron chi connectivity index (χ0n) is 26.2. The monoisotopic (exact) mass is 597 g/mol. The van der Waals surface area contributed by atoms with Crippen LogP contribution in [0.4, 0.5) is 0 Å². The average Bonchev–Trinajstić information content (AvgIpc) is 3.73. The van der Waals surface area contributed by atoms with E-state index < -0.39 is 0 Å². The summed E-state index contributed by atoms with van der Waals surface area (Å²) in [6.07, 6.45) is 13.5. The first kappa shape index (κ1) is 31.1. The molecule has 41 heavy (non-hydrogen) atoms. The predicted molar refractivity (Wildman–Crippen MR) is 174 cm³/mol. The Bertz CT molecular complexity index is 1680. The fraction of sp³-hybridized carbons (Fsp3) is 0.444. The first-order chi connectivity index (χ1) is 19.5. The molecule has 0 unspecified atom stereocenters. The fourth-order valence-electron chi connectivity index (χ4n) is 7.09. The van der Waals surface area contributed by atoms with Gasteiger partial charge in [0.25, 0.3) is 0 Å². The molecule has 3 aromatic rings. The van der Waals surface area contributed by atoms with Crippen LogP contribution in [0.25, 0.3) is 45.9 Å². The molecule has 5 heterocycles. The molecule has 2 aliphatic heterocycles. The Labute approximate surface area is 256 Å². The normalized spacial score (nSPS) is 12.5. The van der Waals surface area contributed by atoms with Gasteiger partial charge in [0, 0.05) is 51.2 Å². The van der Waals surface area contributed by atoms with Gasteiger partial charge in [-0.05, 0) is 116 Å². The molecular formula is C36H46CuN4. The van der Waals surface area contributed by atoms with Crippen LogP contribution in [0.1, 0.15) is 118 Å². The van der Waals surface area contributed by atoms with Crippen molar-refractivity contribution >= 4 is 45.9 Å². The maximum atomic E-state index is 5.22. The average molecular weight is 598 g/mol. The van der Waals surface area contributed by atoms with Crippen LogP contribution in [-0.2, 0) is 62.1 Å². The molecule has 8 bridgehead atoms. The fourth-order valence-corrected chi connectivity index (χ4v) is 7.09. The van der Waals surface area contributed by atoms with Crippen molar-refractivity contribution in [2.75, 3.05) is 0 Å². The summed E-state index contributed by atoms with van der Waals surface area (Å²) in [4.78, 5) is 14.3. The summed E-state index contributed by atoms with van der Waals surface area (Å²) in [6.45, 7) is 19.3. The van der Waals surface area contributed by atoms with E-state index in [4.69, 9.17) is 9.97 Å². The van der Waals surface area contributed by atoms with Crippen molar-refractivity contribution < 1.29 is 17.1 Å². The molecule has 0 fully saturated rings. The minimum atomic E-state index is 0. The summed E-state index contributed by atoms with van der Waals surface area (Å²) in [5.74, 6) is 0. The van der Waals surface area contributed by atoms with Crippen LogP contribution in [0, 0.1) is 0 Å². The van der Waals surface area contributed by atoms with Gasteiger partial charge < -0.3 is 9.55 Å². The Kier molecular flexibility index (Phi) is 9.82. The number of rotatable bonds is 8. The topological polar surface area (TPSA) is 46.5 Å². The summed E-state index contributed by atoms with van der Waals surface area (Å²) in [5.41, 5.74) is 19.4. The molecule has 221 valence electrons. The summed E-state index contributed by atoms with van der Waals surface area (Å²) >= 11 is 0. The number of fused-ring (bicyclic) bond motifs is 8. The van der Waals surface area contributed by atoms with Crippen LogP contribution >= 0.6 is 0 Å². The quantitative estimate of drug-likeness (QED) is 0.206. The van der Waals surface area contributed by atoms with Gasteiger partial charge in [-0.25, -0.2) is 9.97 Å². The van der Waals surface area contributed by atoms with Gasteiger partial charge in [-0.3, -0.25) is 0 Å². The summed E-state index contributed by atoms with van der Waals surface area (Å²) < 4.78 is 2.57. The molecule has 5 heteroatoms. The van der Waals surface area contributed by atoms with Gasteiger partial charge in [-0.1, -0.05) is 48.5 Å². The second-order valence-corrected chi connectivity index (χ2v) is 10.8. The molecule has 3 aromatic heterocycles. The van der Waals surface area contributed by atoms with Crippen molar-refractivity contribution in [3.63, 3.8) is 0 Å². The number of hydrogen-bond donors (Lipinski definition) is 1. The van der Waals surface area contributed by atoms with Crippen molar-refractivity contribution in [2.24, 2.45) is 0 Å². The van der Waals surface area contributed by atoms with Crippen LogP contribution in [-0.4, -0.2) is 19.5 Å². The van der Waals surface area contributed by atoms with Gasteiger partial charge in [0.05, 0.1) is 22.8 Å². The van der Waals surface area contributed by atoms with E-state index in [9.17, 15) is 0 Å². The molecule has 2 aliphatic rings. The summed E-state index contributed by atoms with van der Waals surface area (Å²) in [5, 5.41) is 0. The van der Waals surface area contributed by atoms with E-state index in [2.05, 4.69) is 95.3 Å². The molecule has 0 amide bonds. The van der Waals surface area contributed by atoms with E-state index in [0.29, 0.717) is 0 Å². The number of aromatic amines is 1. The Morgan fingerprint density at radius 2 is 1.15 bits per heavy atom. The van der Waals surface area contributed by atoms with Gasteiger partial charge in [0.15, 0.2) is 0 Å². The van der Waals surface area contributed by atoms with Crippen LogP contribution < -0.4 is 0 Å². The van der Waals surface area contributed by atoms with Gasteiger partial charge in [-0.2, -0.15) is 0 Å². The second-order valence-electron chi connectivity index (χ2n) is 10.8. The number of hydrogen-bond acceptors (Lipinski definition) is 2. The first-order valence-corrected chi connectivity index (χ1v) is 15.7. The van der Waals surface area contributed by atoms with Crippen LogP contribution in [0.3, 0.4) is 0 Å². The summed E-state index contributed by atoms with van der Waals surface area (Å²) in [6, 6.07) is 4.45. The number of aryl methyl sites for hydroxylation is 7. The van der Waals surface area contributed by atoms with Gasteiger partial charge in [0.1, 0.15) is 0 Å². The molecular weight excluding hydrogens is 552 g/mol. The predicted octanol–water partition coefficient (Wildman–Crippen LogP) is 9.30. The van der Waals surface area contributed by atoms with E-state index in [1.54, 1.807) is 0 Å². The van der Waals surface area contributed by atoms with Crippen molar-refractivity contribution in [3.8, 4) is 0 Å². The van der Waals surface area contributed by atoms with Crippen molar-refractivity contribution in [2.45, 2.75) is 107 Å². The molecule has 5 rings (SSSR count). The molecule has 4 nitrogen and oxygen atoms in total. The van der Waals surface area contributed by atoms with Crippen LogP contribution in [0.5, 0.6) is 0 Å². The third-order valence-electron chi connectivity index (χ3n) is 8.86. The standard InChI is InChI=1S/C36H46N4.Cu/c1-9-22-19-25-20-23-17-18-24(37-23)21-32-26(10-2)29(13-5)36(40(32)16-8)31(15-7)35-28(12-4)27(11-3)34(39-35)30(14-6)33(22)38-25;/h17-21,39H,9-16H2,1-8H3;. The molecule has 0 saturated heterocycles. The zero-order valence-corrected chi connectivity index (χ0v) is 27.1. The SMILES string of the molecule is CCC1=Cc2cc3nc(cc4c(CC)c(CC)c(c(CC)c5[nH]c(c(CC)c1n2)c(CC)c5CC)n4CC)C=C3.[Cu]. The summed E-state index contributed by atoms with van der Waals surface area (Å²) in [7, 11) is 0. The van der Waals surface area contributed by atoms with E-state index in [1.807, 2.05) is 0 Å². The van der Waals surface area contributed by atoms with Gasteiger partial charge in [-0.15, -0.1) is 0 Å². The second kappa shape index (κ2) is 13.0. The molecule has 0 aliphatic carbocycles. The van der Waals surface area contributed by atoms with E-state index in [1.165, 1.54) is 61.0 Å². The third kappa shape index (κ3) is 5.17. The largest absolute Gasteiger partial charge is 0.354 e. The van der Waals surface area contributed by atoms with Crippen LogP contribution in [0.2, 0.25) is 0 Å². The molecule has 0 atom stereocenters. The molecule has 1 N–H and O–H groups in total. The maximum absolute atomic E-state index is 5.22. The van der Waals surface area contributed by atoms with Crippen LogP contribution in [0.15, 0.2) is 12.1 Å². The molecule has 0 aromatic carbocycles. The molecule has 0 saturated carbocycles. The van der Waals surface area contributed by atoms with Crippen molar-refractivity contribution in [1.29, 1.82) is 0 Å². The number of allylic oxidation sites excluding steroid dienone is 1. The van der Waals surface area contributed by atoms with E-state index in [0.717, 1.165) is 74.3 Å². The number of aromatic nitrogens is 4. The van der Waals surface area contributed by atoms with Crippen molar-refractivity contribution in [3.05, 3.63) is 68.3 Å². The van der Waals surface area contributed by atoms with E-state index in [-0.39, 0.29) is 17.1 Å². The number of nitrogens with one attached hydrogen (secondary N) is 1. The Morgan fingerprint density at radius 1 is 0.585 bits per heavy atom. The number of H-pyrrole nitrogens is 1. The van der Waals surface area contributed by atoms with E-state index >= 15 is 0 Å². The minimum absolute atomic E-state index is 0. The van der Waals surface area contributed by atoms with Crippen molar-refractivity contribution in [1.82, 2.24) is 19.5 Å². The maximum Gasteiger partial charge on any atom is 0.0722 e. The zero-order chi connectivity index (χ0) is 28.6.